The second-order valence-corrected chi connectivity index (χ2v) is 7.34. The topological polar surface area (TPSA) is 64.9 Å². The van der Waals surface area contributed by atoms with Crippen LogP contribution in [0, 0.1) is 6.92 Å². The Labute approximate surface area is 168 Å². The molecule has 4 rings (SSSR count). The number of aromatic nitrogens is 4. The zero-order valence-corrected chi connectivity index (χ0v) is 16.2. The Bertz CT molecular complexity index is 951. The fourth-order valence-electron chi connectivity index (χ4n) is 3.35. The minimum atomic E-state index is -2.55. The zero-order valence-electron chi connectivity index (χ0n) is 16.2. The van der Waals surface area contributed by atoms with Gasteiger partial charge in [-0.1, -0.05) is 30.3 Å². The zero-order chi connectivity index (χ0) is 20.3. The SMILES string of the molecule is Cc1cc(NC2CCC(F)(F)CC2)nc(-n2ccc(OCc3ccccc3)n2)n1. The van der Waals surface area contributed by atoms with Gasteiger partial charge in [-0.05, 0) is 25.3 Å². The summed E-state index contributed by atoms with van der Waals surface area (Å²) in [6, 6.07) is 13.4. The summed E-state index contributed by atoms with van der Waals surface area (Å²) >= 11 is 0. The third kappa shape index (κ3) is 5.07. The smallest absolute Gasteiger partial charge is 0.252 e. The molecule has 152 valence electrons. The average Bonchev–Trinajstić information content (AvgIpc) is 3.18. The summed E-state index contributed by atoms with van der Waals surface area (Å²) in [7, 11) is 0. The third-order valence-corrected chi connectivity index (χ3v) is 4.91. The molecule has 1 aromatic carbocycles. The maximum atomic E-state index is 13.4. The fourth-order valence-corrected chi connectivity index (χ4v) is 3.35. The van der Waals surface area contributed by atoms with Gasteiger partial charge in [0.1, 0.15) is 12.4 Å². The van der Waals surface area contributed by atoms with Gasteiger partial charge in [0.15, 0.2) is 0 Å². The molecule has 1 fully saturated rings. The molecule has 3 aromatic rings. The summed E-state index contributed by atoms with van der Waals surface area (Å²) < 4.78 is 34.0. The molecule has 0 unspecified atom stereocenters. The van der Waals surface area contributed by atoms with Crippen LogP contribution < -0.4 is 10.1 Å². The van der Waals surface area contributed by atoms with Crippen LogP contribution in [0.25, 0.3) is 5.95 Å². The molecule has 1 aliphatic carbocycles. The first-order chi connectivity index (χ1) is 14.0. The number of hydrogen-bond acceptors (Lipinski definition) is 5. The maximum Gasteiger partial charge on any atom is 0.252 e. The number of nitrogens with one attached hydrogen (secondary N) is 1. The van der Waals surface area contributed by atoms with Crippen molar-refractivity contribution in [2.24, 2.45) is 0 Å². The third-order valence-electron chi connectivity index (χ3n) is 4.91. The summed E-state index contributed by atoms with van der Waals surface area (Å²) in [6.07, 6.45) is 2.39. The molecule has 6 nitrogen and oxygen atoms in total. The molecule has 0 spiro atoms. The van der Waals surface area contributed by atoms with E-state index in [2.05, 4.69) is 20.4 Å². The molecule has 1 aliphatic rings. The Morgan fingerprint density at radius 1 is 1.14 bits per heavy atom. The number of benzene rings is 1. The van der Waals surface area contributed by atoms with Gasteiger partial charge in [-0.15, -0.1) is 5.10 Å². The van der Waals surface area contributed by atoms with Crippen molar-refractivity contribution in [2.75, 3.05) is 5.32 Å². The Morgan fingerprint density at radius 3 is 2.66 bits per heavy atom. The van der Waals surface area contributed by atoms with Gasteiger partial charge in [-0.25, -0.2) is 18.4 Å². The second-order valence-electron chi connectivity index (χ2n) is 7.34. The molecule has 1 N–H and O–H groups in total. The van der Waals surface area contributed by atoms with E-state index in [4.69, 9.17) is 4.74 Å². The number of anilines is 1. The van der Waals surface area contributed by atoms with Crippen LogP contribution in [0.1, 0.15) is 36.9 Å². The van der Waals surface area contributed by atoms with E-state index in [-0.39, 0.29) is 18.9 Å². The van der Waals surface area contributed by atoms with Gasteiger partial charge in [-0.2, -0.15) is 4.98 Å². The van der Waals surface area contributed by atoms with E-state index in [1.54, 1.807) is 16.9 Å². The van der Waals surface area contributed by atoms with Gasteiger partial charge in [0.05, 0.1) is 0 Å². The largest absolute Gasteiger partial charge is 0.472 e. The molecule has 0 radical (unpaired) electrons. The molecule has 0 amide bonds. The number of ether oxygens (including phenoxy) is 1. The van der Waals surface area contributed by atoms with Gasteiger partial charge >= 0.3 is 0 Å². The van der Waals surface area contributed by atoms with Crippen molar-refractivity contribution < 1.29 is 13.5 Å². The normalized spacial score (nSPS) is 16.5. The van der Waals surface area contributed by atoms with E-state index in [0.29, 0.717) is 37.1 Å². The molecule has 0 atom stereocenters. The predicted molar refractivity (Wildman–Crippen MR) is 105 cm³/mol. The van der Waals surface area contributed by atoms with E-state index in [1.165, 1.54) is 0 Å². The molecular formula is C21H23F2N5O. The number of aryl methyl sites for hydroxylation is 1. The first-order valence-corrected chi connectivity index (χ1v) is 9.70. The van der Waals surface area contributed by atoms with Crippen molar-refractivity contribution in [1.82, 2.24) is 19.7 Å². The van der Waals surface area contributed by atoms with Crippen LogP contribution in [-0.4, -0.2) is 31.7 Å². The second kappa shape index (κ2) is 8.14. The van der Waals surface area contributed by atoms with Gasteiger partial charge < -0.3 is 10.1 Å². The highest BCUT2D eigenvalue weighted by Gasteiger charge is 2.34. The Hall–Kier alpha value is -3.03. The molecule has 0 bridgehead atoms. The van der Waals surface area contributed by atoms with Crippen LogP contribution in [0.2, 0.25) is 0 Å². The minimum Gasteiger partial charge on any atom is -0.472 e. The lowest BCUT2D eigenvalue weighted by atomic mass is 9.92. The van der Waals surface area contributed by atoms with Gasteiger partial charge in [-0.3, -0.25) is 0 Å². The van der Waals surface area contributed by atoms with Crippen molar-refractivity contribution in [3.8, 4) is 11.8 Å². The van der Waals surface area contributed by atoms with E-state index >= 15 is 0 Å². The highest BCUT2D eigenvalue weighted by atomic mass is 19.3. The number of hydrogen-bond donors (Lipinski definition) is 1. The molecule has 2 aromatic heterocycles. The Morgan fingerprint density at radius 2 is 1.90 bits per heavy atom. The highest BCUT2D eigenvalue weighted by Crippen LogP contribution is 2.34. The van der Waals surface area contributed by atoms with Crippen molar-refractivity contribution >= 4 is 5.82 Å². The molecule has 8 heteroatoms. The van der Waals surface area contributed by atoms with Crippen LogP contribution in [-0.2, 0) is 6.61 Å². The summed E-state index contributed by atoms with van der Waals surface area (Å²) in [5.74, 6) is -1.05. The van der Waals surface area contributed by atoms with Crippen LogP contribution >= 0.6 is 0 Å². The van der Waals surface area contributed by atoms with E-state index in [1.807, 2.05) is 43.3 Å². The quantitative estimate of drug-likeness (QED) is 0.659. The molecule has 0 saturated heterocycles. The Balaban J connectivity index is 1.43. The van der Waals surface area contributed by atoms with Crippen LogP contribution in [0.3, 0.4) is 0 Å². The molecule has 29 heavy (non-hydrogen) atoms. The van der Waals surface area contributed by atoms with Crippen molar-refractivity contribution in [2.45, 2.75) is 51.2 Å². The predicted octanol–water partition coefficient (Wildman–Crippen LogP) is 4.54. The maximum absolute atomic E-state index is 13.4. The lowest BCUT2D eigenvalue weighted by Gasteiger charge is -2.29. The van der Waals surface area contributed by atoms with Gasteiger partial charge in [0, 0.05) is 42.9 Å². The van der Waals surface area contributed by atoms with Crippen molar-refractivity contribution in [3.05, 3.63) is 59.9 Å². The van der Waals surface area contributed by atoms with E-state index < -0.39 is 5.92 Å². The molecular weight excluding hydrogens is 376 g/mol. The van der Waals surface area contributed by atoms with Crippen LogP contribution in [0.4, 0.5) is 14.6 Å². The first-order valence-electron chi connectivity index (χ1n) is 9.70. The van der Waals surface area contributed by atoms with E-state index in [9.17, 15) is 8.78 Å². The minimum absolute atomic E-state index is 0.0147. The lowest BCUT2D eigenvalue weighted by Crippen LogP contribution is -2.32. The Kier molecular flexibility index (Phi) is 5.42. The van der Waals surface area contributed by atoms with Crippen molar-refractivity contribution in [1.29, 1.82) is 0 Å². The number of nitrogens with zero attached hydrogens (tertiary/aromatic N) is 4. The van der Waals surface area contributed by atoms with E-state index in [0.717, 1.165) is 11.3 Å². The lowest BCUT2D eigenvalue weighted by molar-refractivity contribution is -0.0361. The van der Waals surface area contributed by atoms with Crippen LogP contribution in [0.5, 0.6) is 5.88 Å². The fraction of sp³-hybridized carbons (Fsp3) is 0.381. The molecule has 0 aliphatic heterocycles. The molecule has 2 heterocycles. The number of alkyl halides is 2. The number of halogens is 2. The summed E-state index contributed by atoms with van der Waals surface area (Å²) in [5, 5.41) is 7.65. The van der Waals surface area contributed by atoms with Gasteiger partial charge in [0.2, 0.25) is 11.8 Å². The summed E-state index contributed by atoms with van der Waals surface area (Å²) in [4.78, 5) is 8.93. The van der Waals surface area contributed by atoms with Crippen LogP contribution in [0.15, 0.2) is 48.7 Å². The summed E-state index contributed by atoms with van der Waals surface area (Å²) in [5.41, 5.74) is 1.82. The van der Waals surface area contributed by atoms with Crippen molar-refractivity contribution in [3.63, 3.8) is 0 Å². The molecule has 1 saturated carbocycles. The van der Waals surface area contributed by atoms with Gasteiger partial charge in [0.25, 0.3) is 5.95 Å². The number of rotatable bonds is 6. The highest BCUT2D eigenvalue weighted by molar-refractivity contribution is 5.39. The first kappa shape index (κ1) is 19.3. The standard InChI is InChI=1S/C21H23F2N5O/c1-15-13-18(25-17-7-10-21(22,23)11-8-17)26-20(24-15)28-12-9-19(27-28)29-14-16-5-3-2-4-6-16/h2-6,9,12-13,17H,7-8,10-11,14H2,1H3,(H,24,25,26). The summed E-state index contributed by atoms with van der Waals surface area (Å²) in [6.45, 7) is 2.29. The monoisotopic (exact) mass is 399 g/mol. The average molecular weight is 399 g/mol.